The van der Waals surface area contributed by atoms with Gasteiger partial charge >= 0.3 is 0 Å². The van der Waals surface area contributed by atoms with Crippen molar-refractivity contribution in [2.24, 2.45) is 4.99 Å². The first kappa shape index (κ1) is 20.5. The normalized spacial score (nSPS) is 11.2. The Morgan fingerprint density at radius 3 is 2.67 bits per heavy atom. The van der Waals surface area contributed by atoms with Gasteiger partial charge < -0.3 is 15.5 Å². The van der Waals surface area contributed by atoms with Gasteiger partial charge in [-0.05, 0) is 38.2 Å². The van der Waals surface area contributed by atoms with Crippen LogP contribution in [0.25, 0.3) is 0 Å². The molecule has 0 heterocycles. The Kier molecular flexibility index (Phi) is 11.8. The van der Waals surface area contributed by atoms with Crippen molar-refractivity contribution in [3.8, 4) is 0 Å². The highest BCUT2D eigenvalue weighted by Crippen LogP contribution is 2.11. The van der Waals surface area contributed by atoms with E-state index in [4.69, 9.17) is 11.6 Å². The fraction of sp³-hybridized carbons (Fsp3) is 0.533. The van der Waals surface area contributed by atoms with Gasteiger partial charge in [0.1, 0.15) is 0 Å². The van der Waals surface area contributed by atoms with E-state index < -0.39 is 0 Å². The number of halogens is 2. The molecule has 0 fully saturated rings. The molecule has 120 valence electrons. The molecule has 1 rings (SSSR count). The topological polar surface area (TPSA) is 39.7 Å². The van der Waals surface area contributed by atoms with Gasteiger partial charge in [-0.1, -0.05) is 30.7 Å². The molecule has 4 nitrogen and oxygen atoms in total. The number of hydrogen-bond donors (Lipinski definition) is 2. The summed E-state index contributed by atoms with van der Waals surface area (Å²) in [5, 5.41) is 7.33. The molecule has 0 aliphatic rings. The van der Waals surface area contributed by atoms with Gasteiger partial charge in [0.05, 0.1) is 6.54 Å². The highest BCUT2D eigenvalue weighted by molar-refractivity contribution is 14.0. The van der Waals surface area contributed by atoms with E-state index in [1.807, 2.05) is 24.3 Å². The minimum Gasteiger partial charge on any atom is -0.357 e. The summed E-state index contributed by atoms with van der Waals surface area (Å²) >= 11 is 5.97. The number of nitrogens with one attached hydrogen (secondary N) is 2. The summed E-state index contributed by atoms with van der Waals surface area (Å²) in [4.78, 5) is 6.82. The first-order valence-electron chi connectivity index (χ1n) is 7.10. The van der Waals surface area contributed by atoms with Crippen LogP contribution in [0, 0.1) is 0 Å². The van der Waals surface area contributed by atoms with Crippen molar-refractivity contribution in [1.82, 2.24) is 15.5 Å². The lowest BCUT2D eigenvalue weighted by Crippen LogP contribution is -2.40. The Bertz CT molecular complexity index is 426. The summed E-state index contributed by atoms with van der Waals surface area (Å²) in [6.45, 7) is 8.62. The van der Waals surface area contributed by atoms with E-state index in [1.54, 1.807) is 0 Å². The average Bonchev–Trinajstić information content (AvgIpc) is 2.44. The van der Waals surface area contributed by atoms with Crippen LogP contribution >= 0.6 is 35.6 Å². The highest BCUT2D eigenvalue weighted by Gasteiger charge is 1.99. The molecule has 0 aromatic heterocycles. The Hall–Kier alpha value is -0.530. The molecule has 0 aliphatic heterocycles. The maximum atomic E-state index is 5.97. The molecule has 0 radical (unpaired) electrons. The molecule has 2 N–H and O–H groups in total. The van der Waals surface area contributed by atoms with Crippen molar-refractivity contribution in [2.45, 2.75) is 20.4 Å². The Morgan fingerprint density at radius 2 is 2.05 bits per heavy atom. The third-order valence-corrected chi connectivity index (χ3v) is 3.21. The quantitative estimate of drug-likeness (QED) is 0.402. The van der Waals surface area contributed by atoms with Gasteiger partial charge in [0.15, 0.2) is 5.96 Å². The minimum absolute atomic E-state index is 0. The van der Waals surface area contributed by atoms with E-state index in [9.17, 15) is 0 Å². The van der Waals surface area contributed by atoms with Crippen molar-refractivity contribution in [1.29, 1.82) is 0 Å². The van der Waals surface area contributed by atoms with Crippen molar-refractivity contribution in [2.75, 3.05) is 33.2 Å². The van der Waals surface area contributed by atoms with Crippen LogP contribution in [0.5, 0.6) is 0 Å². The van der Waals surface area contributed by atoms with Crippen LogP contribution in [-0.2, 0) is 6.54 Å². The van der Waals surface area contributed by atoms with Crippen LogP contribution in [0.2, 0.25) is 5.02 Å². The van der Waals surface area contributed by atoms with E-state index >= 15 is 0 Å². The van der Waals surface area contributed by atoms with Crippen molar-refractivity contribution >= 4 is 41.5 Å². The molecule has 0 atom stereocenters. The lowest BCUT2D eigenvalue weighted by molar-refractivity contribution is 0.357. The zero-order valence-corrected chi connectivity index (χ0v) is 16.1. The number of nitrogens with zero attached hydrogens (tertiary/aromatic N) is 2. The fourth-order valence-electron chi connectivity index (χ4n) is 1.67. The second-order valence-electron chi connectivity index (χ2n) is 4.65. The van der Waals surface area contributed by atoms with Gasteiger partial charge in [-0.3, -0.25) is 0 Å². The molecular formula is C15H26ClIN4. The number of benzene rings is 1. The Balaban J connectivity index is 0.00000400. The zero-order valence-electron chi connectivity index (χ0n) is 13.0. The fourth-order valence-corrected chi connectivity index (χ4v) is 1.88. The smallest absolute Gasteiger partial charge is 0.191 e. The molecule has 0 saturated heterocycles. The predicted octanol–water partition coefficient (Wildman–Crippen LogP) is 2.96. The van der Waals surface area contributed by atoms with Gasteiger partial charge in [-0.25, -0.2) is 4.99 Å². The van der Waals surface area contributed by atoms with Crippen LogP contribution < -0.4 is 10.6 Å². The number of guanidine groups is 1. The van der Waals surface area contributed by atoms with Crippen LogP contribution in [0.15, 0.2) is 29.3 Å². The first-order chi connectivity index (χ1) is 9.65. The molecule has 0 saturated carbocycles. The van der Waals surface area contributed by atoms with Crippen molar-refractivity contribution < 1.29 is 0 Å². The third-order valence-electron chi connectivity index (χ3n) is 2.98. The average molecular weight is 425 g/mol. The summed E-state index contributed by atoms with van der Waals surface area (Å²) in [6.07, 6.45) is 0. The second kappa shape index (κ2) is 12.1. The minimum atomic E-state index is 0. The summed E-state index contributed by atoms with van der Waals surface area (Å²) in [5.74, 6) is 0.844. The Labute approximate surface area is 150 Å². The summed E-state index contributed by atoms with van der Waals surface area (Å²) in [7, 11) is 2.11. The lowest BCUT2D eigenvalue weighted by atomic mass is 10.2. The van der Waals surface area contributed by atoms with E-state index in [0.29, 0.717) is 6.54 Å². The summed E-state index contributed by atoms with van der Waals surface area (Å²) in [6, 6.07) is 7.80. The molecule has 0 aliphatic carbocycles. The van der Waals surface area contributed by atoms with Crippen molar-refractivity contribution in [3.63, 3.8) is 0 Å². The van der Waals surface area contributed by atoms with E-state index in [1.165, 1.54) is 0 Å². The Morgan fingerprint density at radius 1 is 1.29 bits per heavy atom. The largest absolute Gasteiger partial charge is 0.357 e. The SMILES string of the molecule is CCNC(=NCc1cccc(Cl)c1)NCCN(C)CC.I. The highest BCUT2D eigenvalue weighted by atomic mass is 127. The van der Waals surface area contributed by atoms with E-state index in [0.717, 1.165) is 42.7 Å². The molecule has 0 bridgehead atoms. The maximum Gasteiger partial charge on any atom is 0.191 e. The van der Waals surface area contributed by atoms with Gasteiger partial charge in [-0.2, -0.15) is 0 Å². The third kappa shape index (κ3) is 9.16. The van der Waals surface area contributed by atoms with Crippen molar-refractivity contribution in [3.05, 3.63) is 34.9 Å². The molecule has 21 heavy (non-hydrogen) atoms. The van der Waals surface area contributed by atoms with Crippen LogP contribution in [-0.4, -0.2) is 44.1 Å². The van der Waals surface area contributed by atoms with Gasteiger partial charge in [0.25, 0.3) is 0 Å². The number of likely N-dealkylation sites (N-methyl/N-ethyl adjacent to an activating group) is 1. The molecule has 1 aromatic carbocycles. The van der Waals surface area contributed by atoms with Gasteiger partial charge in [-0.15, -0.1) is 24.0 Å². The molecule has 6 heteroatoms. The predicted molar refractivity (Wildman–Crippen MR) is 103 cm³/mol. The standard InChI is InChI=1S/C15H25ClN4.HI/c1-4-17-15(18-9-10-20(3)5-2)19-12-13-7-6-8-14(16)11-13;/h6-8,11H,4-5,9-10,12H2,1-3H3,(H2,17,18,19);1H. The van der Waals surface area contributed by atoms with E-state index in [2.05, 4.69) is 41.4 Å². The summed E-state index contributed by atoms with van der Waals surface area (Å²) in [5.41, 5.74) is 1.11. The number of rotatable bonds is 7. The first-order valence-corrected chi connectivity index (χ1v) is 7.48. The van der Waals surface area contributed by atoms with Crippen LogP contribution in [0.4, 0.5) is 0 Å². The molecule has 0 spiro atoms. The molecule has 0 unspecified atom stereocenters. The zero-order chi connectivity index (χ0) is 14.8. The molecule has 1 aromatic rings. The molecule has 0 amide bonds. The summed E-state index contributed by atoms with van der Waals surface area (Å²) < 4.78 is 0. The van der Waals surface area contributed by atoms with Crippen LogP contribution in [0.3, 0.4) is 0 Å². The number of aliphatic imine (C=N–C) groups is 1. The van der Waals surface area contributed by atoms with E-state index in [-0.39, 0.29) is 24.0 Å². The lowest BCUT2D eigenvalue weighted by Gasteiger charge is -2.16. The monoisotopic (exact) mass is 424 g/mol. The van der Waals surface area contributed by atoms with Gasteiger partial charge in [0.2, 0.25) is 0 Å². The second-order valence-corrected chi connectivity index (χ2v) is 5.08. The van der Waals surface area contributed by atoms with Crippen LogP contribution in [0.1, 0.15) is 19.4 Å². The maximum absolute atomic E-state index is 5.97. The molecular weight excluding hydrogens is 399 g/mol. The number of hydrogen-bond acceptors (Lipinski definition) is 2. The van der Waals surface area contributed by atoms with Gasteiger partial charge in [0, 0.05) is 24.7 Å².